The highest BCUT2D eigenvalue weighted by molar-refractivity contribution is 6.30. The van der Waals surface area contributed by atoms with E-state index in [-0.39, 0.29) is 46.7 Å². The SMILES string of the molecule is Cc1nc2cc(N3CCC(F)(F)[C@H](N4CCC4)C3)nc(-c3ccc(Cl)cc3F)c2c(=O)n1C. The van der Waals surface area contributed by atoms with E-state index in [2.05, 4.69) is 9.97 Å². The molecule has 4 heterocycles. The first-order valence-corrected chi connectivity index (χ1v) is 11.2. The summed E-state index contributed by atoms with van der Waals surface area (Å²) in [5.74, 6) is -2.53. The third-order valence-corrected chi connectivity index (χ3v) is 6.94. The number of anilines is 1. The van der Waals surface area contributed by atoms with E-state index in [1.165, 1.54) is 16.7 Å². The van der Waals surface area contributed by atoms with Gasteiger partial charge in [0.15, 0.2) is 0 Å². The summed E-state index contributed by atoms with van der Waals surface area (Å²) < 4.78 is 45.6. The van der Waals surface area contributed by atoms with Crippen molar-refractivity contribution in [1.82, 2.24) is 19.4 Å². The van der Waals surface area contributed by atoms with E-state index < -0.39 is 17.8 Å². The quantitative estimate of drug-likeness (QED) is 0.570. The number of aryl methyl sites for hydroxylation is 1. The molecule has 5 rings (SSSR count). The monoisotopic (exact) mass is 477 g/mol. The number of nitrogens with zero attached hydrogens (tertiary/aromatic N) is 5. The van der Waals surface area contributed by atoms with Gasteiger partial charge in [0.1, 0.15) is 17.5 Å². The number of aromatic nitrogens is 3. The molecule has 2 aromatic heterocycles. The lowest BCUT2D eigenvalue weighted by Gasteiger charge is -2.47. The van der Waals surface area contributed by atoms with Crippen LogP contribution in [0.4, 0.5) is 19.0 Å². The van der Waals surface area contributed by atoms with Crippen LogP contribution in [0.15, 0.2) is 29.1 Å². The molecule has 2 fully saturated rings. The lowest BCUT2D eigenvalue weighted by atomic mass is 9.96. The molecule has 3 aromatic rings. The summed E-state index contributed by atoms with van der Waals surface area (Å²) in [5.41, 5.74) is 0.227. The van der Waals surface area contributed by atoms with Gasteiger partial charge in [-0.1, -0.05) is 11.6 Å². The number of fused-ring (bicyclic) bond motifs is 1. The summed E-state index contributed by atoms with van der Waals surface area (Å²) >= 11 is 5.92. The molecular formula is C23H23ClF3N5O. The van der Waals surface area contributed by atoms with Crippen molar-refractivity contribution in [3.05, 3.63) is 51.3 Å². The Morgan fingerprint density at radius 1 is 1.15 bits per heavy atom. The summed E-state index contributed by atoms with van der Waals surface area (Å²) in [5, 5.41) is 0.393. The zero-order chi connectivity index (χ0) is 23.5. The van der Waals surface area contributed by atoms with Gasteiger partial charge >= 0.3 is 0 Å². The van der Waals surface area contributed by atoms with Crippen LogP contribution in [0.5, 0.6) is 0 Å². The third-order valence-electron chi connectivity index (χ3n) is 6.71. The molecule has 33 heavy (non-hydrogen) atoms. The number of hydrogen-bond acceptors (Lipinski definition) is 5. The third kappa shape index (κ3) is 3.77. The highest BCUT2D eigenvalue weighted by Gasteiger charge is 2.48. The van der Waals surface area contributed by atoms with Gasteiger partial charge in [-0.2, -0.15) is 0 Å². The van der Waals surface area contributed by atoms with Crippen LogP contribution >= 0.6 is 11.6 Å². The zero-order valence-corrected chi connectivity index (χ0v) is 19.0. The number of halogens is 4. The normalized spacial score (nSPS) is 20.8. The Kier molecular flexibility index (Phi) is 5.36. The lowest BCUT2D eigenvalue weighted by molar-refractivity contribution is -0.108. The second-order valence-corrected chi connectivity index (χ2v) is 9.17. The van der Waals surface area contributed by atoms with Crippen LogP contribution in [0.3, 0.4) is 0 Å². The maximum atomic E-state index is 14.9. The topological polar surface area (TPSA) is 54.3 Å². The number of piperidine rings is 1. The van der Waals surface area contributed by atoms with Gasteiger partial charge in [0, 0.05) is 43.2 Å². The van der Waals surface area contributed by atoms with E-state index in [0.29, 0.717) is 30.2 Å². The van der Waals surface area contributed by atoms with Gasteiger partial charge in [0.2, 0.25) is 0 Å². The van der Waals surface area contributed by atoms with Gasteiger partial charge in [-0.15, -0.1) is 0 Å². The van der Waals surface area contributed by atoms with E-state index >= 15 is 0 Å². The molecule has 0 unspecified atom stereocenters. The second-order valence-electron chi connectivity index (χ2n) is 8.73. The first-order valence-electron chi connectivity index (χ1n) is 10.9. The Hall–Kier alpha value is -2.65. The van der Waals surface area contributed by atoms with Crippen molar-refractivity contribution >= 4 is 28.3 Å². The predicted octanol–water partition coefficient (Wildman–Crippen LogP) is 4.02. The highest BCUT2D eigenvalue weighted by atomic mass is 35.5. The van der Waals surface area contributed by atoms with Gasteiger partial charge in [0.25, 0.3) is 11.5 Å². The van der Waals surface area contributed by atoms with Crippen LogP contribution < -0.4 is 10.5 Å². The second kappa shape index (κ2) is 7.99. The zero-order valence-electron chi connectivity index (χ0n) is 18.3. The minimum atomic E-state index is -2.79. The number of hydrogen-bond donors (Lipinski definition) is 0. The van der Waals surface area contributed by atoms with E-state index in [1.54, 1.807) is 29.8 Å². The predicted molar refractivity (Wildman–Crippen MR) is 122 cm³/mol. The molecule has 0 saturated carbocycles. The summed E-state index contributed by atoms with van der Waals surface area (Å²) in [4.78, 5) is 25.8. The standard InChI is InChI=1S/C23H23ClF3N5O/c1-13-28-17-11-19(32-9-6-23(26,27)18(12-32)31-7-3-8-31)29-21(20(17)22(33)30(13)2)15-5-4-14(24)10-16(15)25/h4-5,10-11,18H,3,6-9,12H2,1-2H3/t18-/m1/s1. The molecule has 6 nitrogen and oxygen atoms in total. The summed E-state index contributed by atoms with van der Waals surface area (Å²) in [7, 11) is 1.59. The first-order chi connectivity index (χ1) is 15.7. The van der Waals surface area contributed by atoms with E-state index in [1.807, 2.05) is 0 Å². The van der Waals surface area contributed by atoms with Gasteiger partial charge in [-0.25, -0.2) is 23.1 Å². The van der Waals surface area contributed by atoms with Crippen LogP contribution in [0, 0.1) is 12.7 Å². The van der Waals surface area contributed by atoms with Crippen LogP contribution in [0.1, 0.15) is 18.7 Å². The molecular weight excluding hydrogens is 455 g/mol. The first kappa shape index (κ1) is 22.2. The fraction of sp³-hybridized carbons (Fsp3) is 0.435. The van der Waals surface area contributed by atoms with Gasteiger partial charge < -0.3 is 4.90 Å². The summed E-state index contributed by atoms with van der Waals surface area (Å²) in [6.45, 7) is 3.19. The summed E-state index contributed by atoms with van der Waals surface area (Å²) in [6, 6.07) is 4.87. The Morgan fingerprint density at radius 2 is 1.91 bits per heavy atom. The fourth-order valence-corrected chi connectivity index (χ4v) is 4.71. The Balaban J connectivity index is 1.68. The summed E-state index contributed by atoms with van der Waals surface area (Å²) in [6.07, 6.45) is 0.606. The highest BCUT2D eigenvalue weighted by Crippen LogP contribution is 2.37. The number of rotatable bonds is 3. The van der Waals surface area contributed by atoms with Crippen molar-refractivity contribution in [3.63, 3.8) is 0 Å². The van der Waals surface area contributed by atoms with E-state index in [0.717, 1.165) is 12.5 Å². The Labute approximate surface area is 193 Å². The van der Waals surface area contributed by atoms with Gasteiger partial charge in [-0.3, -0.25) is 14.3 Å². The van der Waals surface area contributed by atoms with Crippen molar-refractivity contribution in [3.8, 4) is 11.3 Å². The molecule has 0 amide bonds. The maximum absolute atomic E-state index is 14.9. The van der Waals surface area contributed by atoms with E-state index in [9.17, 15) is 18.0 Å². The molecule has 0 spiro atoms. The average Bonchev–Trinajstić information content (AvgIpc) is 2.71. The molecule has 2 aliphatic heterocycles. The molecule has 2 saturated heterocycles. The molecule has 1 atom stereocenters. The largest absolute Gasteiger partial charge is 0.355 e. The molecule has 0 N–H and O–H groups in total. The molecule has 10 heteroatoms. The van der Waals surface area contributed by atoms with Crippen molar-refractivity contribution < 1.29 is 13.2 Å². The van der Waals surface area contributed by atoms with Crippen molar-refractivity contribution in [2.24, 2.45) is 7.05 Å². The molecule has 1 aromatic carbocycles. The average molecular weight is 478 g/mol. The molecule has 0 bridgehead atoms. The van der Waals surface area contributed by atoms with Gasteiger partial charge in [0.05, 0.1) is 22.6 Å². The molecule has 174 valence electrons. The van der Waals surface area contributed by atoms with Crippen molar-refractivity contribution in [1.29, 1.82) is 0 Å². The van der Waals surface area contributed by atoms with Crippen LogP contribution in [-0.2, 0) is 7.05 Å². The lowest BCUT2D eigenvalue weighted by Crippen LogP contribution is -2.62. The smallest absolute Gasteiger partial charge is 0.266 e. The minimum Gasteiger partial charge on any atom is -0.355 e. The Morgan fingerprint density at radius 3 is 2.58 bits per heavy atom. The number of alkyl halides is 2. The maximum Gasteiger partial charge on any atom is 0.266 e. The molecule has 2 aliphatic rings. The van der Waals surface area contributed by atoms with Crippen molar-refractivity contribution in [2.45, 2.75) is 31.7 Å². The molecule has 0 aliphatic carbocycles. The van der Waals surface area contributed by atoms with E-state index in [4.69, 9.17) is 11.6 Å². The number of benzene rings is 1. The van der Waals surface area contributed by atoms with Crippen LogP contribution in [-0.4, -0.2) is 57.6 Å². The van der Waals surface area contributed by atoms with Crippen molar-refractivity contribution in [2.75, 3.05) is 31.1 Å². The minimum absolute atomic E-state index is 0.0951. The van der Waals surface area contributed by atoms with Crippen LogP contribution in [0.2, 0.25) is 5.02 Å². The number of pyridine rings is 1. The number of likely N-dealkylation sites (tertiary alicyclic amines) is 1. The molecule has 0 radical (unpaired) electrons. The van der Waals surface area contributed by atoms with Crippen LogP contribution in [0.25, 0.3) is 22.2 Å². The van der Waals surface area contributed by atoms with Gasteiger partial charge in [-0.05, 0) is 44.6 Å². The Bertz CT molecular complexity index is 1310. The fourth-order valence-electron chi connectivity index (χ4n) is 4.55.